The van der Waals surface area contributed by atoms with Crippen molar-refractivity contribution in [2.24, 2.45) is 5.92 Å². The van der Waals surface area contributed by atoms with Gasteiger partial charge >= 0.3 is 0 Å². The van der Waals surface area contributed by atoms with Gasteiger partial charge in [0, 0.05) is 19.7 Å². The maximum Gasteiger partial charge on any atom is 0.0668 e. The van der Waals surface area contributed by atoms with Crippen molar-refractivity contribution in [3.8, 4) is 0 Å². The molecule has 62 valence electrons. The van der Waals surface area contributed by atoms with Gasteiger partial charge in [-0.15, -0.1) is 12.4 Å². The number of nitrogens with one attached hydrogen (secondary N) is 1. The van der Waals surface area contributed by atoms with Crippen molar-refractivity contribution < 1.29 is 10.2 Å². The summed E-state index contributed by atoms with van der Waals surface area (Å²) >= 11 is 0. The molecule has 1 aliphatic rings. The zero-order chi connectivity index (χ0) is 6.69. The van der Waals surface area contributed by atoms with Crippen molar-refractivity contribution in [2.45, 2.75) is 12.5 Å². The second-order valence-corrected chi connectivity index (χ2v) is 2.60. The molecule has 2 unspecified atom stereocenters. The lowest BCUT2D eigenvalue weighted by atomic mass is 9.99. The Morgan fingerprint density at radius 3 is 2.50 bits per heavy atom. The van der Waals surface area contributed by atoms with Crippen LogP contribution < -0.4 is 5.32 Å². The topological polar surface area (TPSA) is 52.5 Å². The molecule has 1 saturated heterocycles. The molecular weight excluding hydrogens is 154 g/mol. The molecule has 0 spiro atoms. The van der Waals surface area contributed by atoms with Crippen LogP contribution in [0.5, 0.6) is 0 Å². The van der Waals surface area contributed by atoms with E-state index in [0.29, 0.717) is 6.54 Å². The largest absolute Gasteiger partial charge is 0.396 e. The van der Waals surface area contributed by atoms with E-state index in [4.69, 9.17) is 10.2 Å². The molecule has 1 aliphatic heterocycles. The van der Waals surface area contributed by atoms with Crippen LogP contribution in [0.2, 0.25) is 0 Å². The normalized spacial score (nSPS) is 33.0. The highest BCUT2D eigenvalue weighted by Gasteiger charge is 2.17. The number of β-amino-alcohol motifs (C(OH)–C–C–N with tert-alkyl or cyclic N) is 1. The smallest absolute Gasteiger partial charge is 0.0668 e. The van der Waals surface area contributed by atoms with Gasteiger partial charge in [0.1, 0.15) is 0 Å². The first kappa shape index (κ1) is 10.2. The highest BCUT2D eigenvalue weighted by molar-refractivity contribution is 5.85. The van der Waals surface area contributed by atoms with Crippen molar-refractivity contribution >= 4 is 12.4 Å². The first-order chi connectivity index (χ1) is 4.33. The van der Waals surface area contributed by atoms with E-state index in [0.717, 1.165) is 13.0 Å². The van der Waals surface area contributed by atoms with E-state index in [1.165, 1.54) is 0 Å². The molecule has 4 heteroatoms. The molecule has 0 amide bonds. The Bertz CT molecular complexity index is 91.8. The van der Waals surface area contributed by atoms with Crippen LogP contribution in [-0.2, 0) is 0 Å². The van der Waals surface area contributed by atoms with Gasteiger partial charge in [-0.2, -0.15) is 0 Å². The Morgan fingerprint density at radius 1 is 1.40 bits per heavy atom. The van der Waals surface area contributed by atoms with Gasteiger partial charge in [0.05, 0.1) is 6.10 Å². The number of rotatable bonds is 1. The van der Waals surface area contributed by atoms with Gasteiger partial charge < -0.3 is 15.5 Å². The Morgan fingerprint density at radius 2 is 2.10 bits per heavy atom. The number of hydrogen-bond donors (Lipinski definition) is 3. The van der Waals surface area contributed by atoms with Gasteiger partial charge in [-0.3, -0.25) is 0 Å². The first-order valence-electron chi connectivity index (χ1n) is 3.32. The van der Waals surface area contributed by atoms with Crippen LogP contribution in [0.4, 0.5) is 0 Å². The maximum absolute atomic E-state index is 9.04. The third-order valence-electron chi connectivity index (χ3n) is 1.68. The lowest BCUT2D eigenvalue weighted by molar-refractivity contribution is 0.0879. The Labute approximate surface area is 66.8 Å². The van der Waals surface area contributed by atoms with Gasteiger partial charge in [-0.25, -0.2) is 0 Å². The fourth-order valence-corrected chi connectivity index (χ4v) is 1.14. The number of hydrogen-bond acceptors (Lipinski definition) is 3. The van der Waals surface area contributed by atoms with Crippen molar-refractivity contribution in [2.75, 3.05) is 19.7 Å². The summed E-state index contributed by atoms with van der Waals surface area (Å²) in [4.78, 5) is 0. The predicted molar refractivity (Wildman–Crippen MR) is 41.3 cm³/mol. The lowest BCUT2D eigenvalue weighted by Crippen LogP contribution is -2.40. The molecule has 0 aromatic carbocycles. The Hall–Kier alpha value is 0.170. The monoisotopic (exact) mass is 167 g/mol. The molecule has 10 heavy (non-hydrogen) atoms. The summed E-state index contributed by atoms with van der Waals surface area (Å²) < 4.78 is 0. The molecule has 0 aromatic heterocycles. The van der Waals surface area contributed by atoms with E-state index >= 15 is 0 Å². The average Bonchev–Trinajstić information content (AvgIpc) is 1.88. The van der Waals surface area contributed by atoms with Crippen molar-refractivity contribution in [1.82, 2.24) is 5.32 Å². The summed E-state index contributed by atoms with van der Waals surface area (Å²) in [6.07, 6.45) is 0.486. The summed E-state index contributed by atoms with van der Waals surface area (Å²) in [5.41, 5.74) is 0. The SMILES string of the molecule is Cl.OCC1CNCC(O)C1. The molecule has 0 aliphatic carbocycles. The molecule has 1 fully saturated rings. The quantitative estimate of drug-likeness (QED) is 0.488. The fraction of sp³-hybridized carbons (Fsp3) is 1.00. The molecule has 3 N–H and O–H groups in total. The Balaban J connectivity index is 0.000000810. The number of piperidine rings is 1. The fourth-order valence-electron chi connectivity index (χ4n) is 1.14. The molecule has 1 rings (SSSR count). The third-order valence-corrected chi connectivity index (χ3v) is 1.68. The van der Waals surface area contributed by atoms with Crippen molar-refractivity contribution in [3.63, 3.8) is 0 Å². The zero-order valence-electron chi connectivity index (χ0n) is 5.79. The molecule has 0 saturated carbocycles. The van der Waals surface area contributed by atoms with E-state index in [1.807, 2.05) is 0 Å². The third kappa shape index (κ3) is 2.84. The second-order valence-electron chi connectivity index (χ2n) is 2.60. The van der Waals surface area contributed by atoms with Crippen molar-refractivity contribution in [1.29, 1.82) is 0 Å². The number of aliphatic hydroxyl groups is 2. The summed E-state index contributed by atoms with van der Waals surface area (Å²) in [6.45, 7) is 1.70. The van der Waals surface area contributed by atoms with Gasteiger partial charge in [-0.05, 0) is 12.3 Å². The van der Waals surface area contributed by atoms with E-state index in [1.54, 1.807) is 0 Å². The minimum atomic E-state index is -0.254. The van der Waals surface area contributed by atoms with Crippen molar-refractivity contribution in [3.05, 3.63) is 0 Å². The molecular formula is C6H14ClNO2. The van der Waals surface area contributed by atoms with Crippen LogP contribution in [0.25, 0.3) is 0 Å². The van der Waals surface area contributed by atoms with Crippen LogP contribution in [-0.4, -0.2) is 36.0 Å². The molecule has 0 radical (unpaired) electrons. The summed E-state index contributed by atoms with van der Waals surface area (Å²) in [5.74, 6) is 0.258. The molecule has 0 bridgehead atoms. The number of halogens is 1. The average molecular weight is 168 g/mol. The van der Waals surface area contributed by atoms with Gasteiger partial charge in [0.25, 0.3) is 0 Å². The van der Waals surface area contributed by atoms with Gasteiger partial charge in [0.2, 0.25) is 0 Å². The minimum Gasteiger partial charge on any atom is -0.396 e. The minimum absolute atomic E-state index is 0. The molecule has 3 nitrogen and oxygen atoms in total. The van der Waals surface area contributed by atoms with E-state index < -0.39 is 0 Å². The van der Waals surface area contributed by atoms with E-state index in [2.05, 4.69) is 5.32 Å². The lowest BCUT2D eigenvalue weighted by Gasteiger charge is -2.24. The number of aliphatic hydroxyl groups excluding tert-OH is 2. The first-order valence-corrected chi connectivity index (χ1v) is 3.32. The van der Waals surface area contributed by atoms with Crippen LogP contribution in [0.1, 0.15) is 6.42 Å². The van der Waals surface area contributed by atoms with Crippen LogP contribution in [0.15, 0.2) is 0 Å². The summed E-state index contributed by atoms with van der Waals surface area (Å²) in [5, 5.41) is 20.7. The zero-order valence-corrected chi connectivity index (χ0v) is 6.60. The highest BCUT2D eigenvalue weighted by atomic mass is 35.5. The highest BCUT2D eigenvalue weighted by Crippen LogP contribution is 2.08. The Kier molecular flexibility index (Phi) is 4.99. The summed E-state index contributed by atoms with van der Waals surface area (Å²) in [6, 6.07) is 0. The standard InChI is InChI=1S/C6H13NO2.ClH/c8-4-5-1-6(9)3-7-2-5;/h5-9H,1-4H2;1H. The summed E-state index contributed by atoms with van der Waals surface area (Å²) in [7, 11) is 0. The second kappa shape index (κ2) is 4.91. The van der Waals surface area contributed by atoms with Gasteiger partial charge in [0.15, 0.2) is 0 Å². The molecule has 0 aromatic rings. The van der Waals surface area contributed by atoms with Gasteiger partial charge in [-0.1, -0.05) is 0 Å². The van der Waals surface area contributed by atoms with Crippen LogP contribution in [0.3, 0.4) is 0 Å². The van der Waals surface area contributed by atoms with Crippen LogP contribution >= 0.6 is 12.4 Å². The van der Waals surface area contributed by atoms with E-state index in [-0.39, 0.29) is 31.0 Å². The predicted octanol–water partition coefficient (Wildman–Crippen LogP) is -0.629. The van der Waals surface area contributed by atoms with Crippen LogP contribution in [0, 0.1) is 5.92 Å². The molecule has 2 atom stereocenters. The maximum atomic E-state index is 9.04. The van der Waals surface area contributed by atoms with E-state index in [9.17, 15) is 0 Å². The molecule has 1 heterocycles.